The lowest BCUT2D eigenvalue weighted by atomic mass is 9.84. The van der Waals surface area contributed by atoms with Gasteiger partial charge in [-0.15, -0.1) is 0 Å². The highest BCUT2D eigenvalue weighted by Gasteiger charge is 2.50. The topological polar surface area (TPSA) is 71.2 Å². The molecule has 5 nitrogen and oxygen atoms in total. The summed E-state index contributed by atoms with van der Waals surface area (Å²) < 4.78 is 4.66. The summed E-state index contributed by atoms with van der Waals surface area (Å²) in [6, 6.07) is 0. The summed E-state index contributed by atoms with van der Waals surface area (Å²) in [5.41, 5.74) is -1.16. The van der Waals surface area contributed by atoms with Crippen molar-refractivity contribution in [3.8, 4) is 0 Å². The molecule has 2 atom stereocenters. The van der Waals surface area contributed by atoms with Crippen LogP contribution >= 0.6 is 0 Å². The Morgan fingerprint density at radius 1 is 1.57 bits per heavy atom. The minimum atomic E-state index is -1.16. The van der Waals surface area contributed by atoms with Crippen molar-refractivity contribution in [2.45, 2.75) is 31.9 Å². The number of rotatable bonds is 3. The molecule has 5 heteroatoms. The zero-order valence-corrected chi connectivity index (χ0v) is 8.73. The van der Waals surface area contributed by atoms with E-state index < -0.39 is 17.6 Å². The maximum Gasteiger partial charge on any atom is 0.338 e. The minimum Gasteiger partial charge on any atom is -0.467 e. The molecule has 80 valence electrons. The van der Waals surface area contributed by atoms with E-state index >= 15 is 0 Å². The number of carbonyl (C=O) groups excluding carboxylic acids is 1. The molecule has 1 heterocycles. The number of azo groups is 1. The van der Waals surface area contributed by atoms with Crippen LogP contribution in [0.3, 0.4) is 0 Å². The van der Waals surface area contributed by atoms with E-state index in [-0.39, 0.29) is 5.92 Å². The van der Waals surface area contributed by atoms with Gasteiger partial charge >= 0.3 is 5.97 Å². The zero-order valence-electron chi connectivity index (χ0n) is 8.73. The van der Waals surface area contributed by atoms with Gasteiger partial charge in [-0.25, -0.2) is 4.79 Å². The molecule has 0 bridgehead atoms. The Balaban J connectivity index is 2.93. The summed E-state index contributed by atoms with van der Waals surface area (Å²) >= 11 is 0. The zero-order chi connectivity index (χ0) is 10.8. The van der Waals surface area contributed by atoms with E-state index in [0.29, 0.717) is 13.0 Å². The SMILES string of the molecule is COC(=O)[C@@]1([C@H](O)C(C)C)CCN=N1. The van der Waals surface area contributed by atoms with Crippen molar-refractivity contribution >= 4 is 5.97 Å². The molecular formula is C9H16N2O3. The van der Waals surface area contributed by atoms with Gasteiger partial charge in [0.2, 0.25) is 5.54 Å². The predicted octanol–water partition coefficient (Wildman–Crippen LogP) is 0.771. The molecule has 0 fully saturated rings. The Bertz CT molecular complexity index is 252. The van der Waals surface area contributed by atoms with Crippen molar-refractivity contribution in [3.05, 3.63) is 0 Å². The highest BCUT2D eigenvalue weighted by Crippen LogP contribution is 2.31. The number of hydrogen-bond acceptors (Lipinski definition) is 5. The molecule has 0 saturated carbocycles. The van der Waals surface area contributed by atoms with Crippen LogP contribution in [0.25, 0.3) is 0 Å². The fourth-order valence-electron chi connectivity index (χ4n) is 1.65. The van der Waals surface area contributed by atoms with Gasteiger partial charge in [0.15, 0.2) is 0 Å². The third-order valence-electron chi connectivity index (χ3n) is 2.50. The number of methoxy groups -OCH3 is 1. The smallest absolute Gasteiger partial charge is 0.338 e. The van der Waals surface area contributed by atoms with Gasteiger partial charge in [-0.05, 0) is 5.92 Å². The van der Waals surface area contributed by atoms with E-state index in [0.717, 1.165) is 0 Å². The molecule has 1 aliphatic rings. The van der Waals surface area contributed by atoms with Crippen LogP contribution in [-0.4, -0.2) is 36.4 Å². The number of ether oxygens (including phenoxy) is 1. The monoisotopic (exact) mass is 200 g/mol. The van der Waals surface area contributed by atoms with Crippen molar-refractivity contribution in [2.75, 3.05) is 13.7 Å². The van der Waals surface area contributed by atoms with Crippen molar-refractivity contribution in [3.63, 3.8) is 0 Å². The average Bonchev–Trinajstić information content (AvgIpc) is 2.65. The molecule has 1 N–H and O–H groups in total. The number of aliphatic hydroxyl groups is 1. The van der Waals surface area contributed by atoms with Gasteiger partial charge in [-0.1, -0.05) is 13.8 Å². The molecular weight excluding hydrogens is 184 g/mol. The lowest BCUT2D eigenvalue weighted by Gasteiger charge is -2.29. The second-order valence-electron chi connectivity index (χ2n) is 3.82. The third kappa shape index (κ3) is 1.64. The molecule has 1 aliphatic heterocycles. The quantitative estimate of drug-likeness (QED) is 0.684. The van der Waals surface area contributed by atoms with Gasteiger partial charge in [0.05, 0.1) is 19.8 Å². The summed E-state index contributed by atoms with van der Waals surface area (Å²) in [5.74, 6) is -0.550. The molecule has 0 spiro atoms. The van der Waals surface area contributed by atoms with Crippen LogP contribution in [0.2, 0.25) is 0 Å². The highest BCUT2D eigenvalue weighted by molar-refractivity contribution is 5.82. The van der Waals surface area contributed by atoms with Gasteiger partial charge < -0.3 is 9.84 Å². The number of hydrogen-bond donors (Lipinski definition) is 1. The van der Waals surface area contributed by atoms with Crippen molar-refractivity contribution in [2.24, 2.45) is 16.1 Å². The molecule has 14 heavy (non-hydrogen) atoms. The van der Waals surface area contributed by atoms with Crippen LogP contribution in [0.4, 0.5) is 0 Å². The Labute approximate surface area is 83.2 Å². The normalized spacial score (nSPS) is 28.1. The molecule has 0 aromatic carbocycles. The fourth-order valence-corrected chi connectivity index (χ4v) is 1.65. The second-order valence-corrected chi connectivity index (χ2v) is 3.82. The second kappa shape index (κ2) is 4.04. The van der Waals surface area contributed by atoms with Crippen LogP contribution in [0, 0.1) is 5.92 Å². The average molecular weight is 200 g/mol. The van der Waals surface area contributed by atoms with E-state index in [1.165, 1.54) is 7.11 Å². The molecule has 0 saturated heterocycles. The highest BCUT2D eigenvalue weighted by atomic mass is 16.5. The number of carbonyl (C=O) groups is 1. The molecule has 0 aliphatic carbocycles. The first-order valence-corrected chi connectivity index (χ1v) is 4.69. The Morgan fingerprint density at radius 2 is 2.21 bits per heavy atom. The van der Waals surface area contributed by atoms with E-state index in [2.05, 4.69) is 15.0 Å². The van der Waals surface area contributed by atoms with Crippen molar-refractivity contribution in [1.29, 1.82) is 0 Å². The van der Waals surface area contributed by atoms with Gasteiger partial charge in [0.1, 0.15) is 0 Å². The lowest BCUT2D eigenvalue weighted by Crippen LogP contribution is -2.49. The molecule has 0 amide bonds. The lowest BCUT2D eigenvalue weighted by molar-refractivity contribution is -0.152. The summed E-state index contributed by atoms with van der Waals surface area (Å²) in [7, 11) is 1.30. The summed E-state index contributed by atoms with van der Waals surface area (Å²) in [6.07, 6.45) is -0.403. The summed E-state index contributed by atoms with van der Waals surface area (Å²) in [6.45, 7) is 4.14. The standard InChI is InChI=1S/C9H16N2O3/c1-6(2)7(12)9(8(13)14-3)4-5-10-11-9/h6-7,12H,4-5H2,1-3H3/t7-,9+/m1/s1. The van der Waals surface area contributed by atoms with Crippen LogP contribution < -0.4 is 0 Å². The number of nitrogens with zero attached hydrogens (tertiary/aromatic N) is 2. The van der Waals surface area contributed by atoms with E-state index in [9.17, 15) is 9.90 Å². The van der Waals surface area contributed by atoms with E-state index in [1.807, 2.05) is 13.8 Å². The number of aliphatic hydroxyl groups excluding tert-OH is 1. The van der Waals surface area contributed by atoms with E-state index in [1.54, 1.807) is 0 Å². The van der Waals surface area contributed by atoms with E-state index in [4.69, 9.17) is 0 Å². The van der Waals surface area contributed by atoms with Crippen molar-refractivity contribution < 1.29 is 14.6 Å². The van der Waals surface area contributed by atoms with Crippen LogP contribution in [-0.2, 0) is 9.53 Å². The largest absolute Gasteiger partial charge is 0.467 e. The van der Waals surface area contributed by atoms with Crippen LogP contribution in [0.5, 0.6) is 0 Å². The first-order valence-electron chi connectivity index (χ1n) is 4.69. The molecule has 0 radical (unpaired) electrons. The Morgan fingerprint density at radius 3 is 2.57 bits per heavy atom. The third-order valence-corrected chi connectivity index (χ3v) is 2.50. The van der Waals surface area contributed by atoms with Gasteiger partial charge in [-0.2, -0.15) is 10.2 Å². The Kier molecular flexibility index (Phi) is 3.21. The van der Waals surface area contributed by atoms with Crippen LogP contribution in [0.1, 0.15) is 20.3 Å². The minimum absolute atomic E-state index is 0.0499. The number of esters is 1. The first kappa shape index (κ1) is 11.1. The van der Waals surface area contributed by atoms with Gasteiger partial charge in [0.25, 0.3) is 0 Å². The molecule has 0 unspecified atom stereocenters. The molecule has 0 aromatic heterocycles. The predicted molar refractivity (Wildman–Crippen MR) is 49.9 cm³/mol. The van der Waals surface area contributed by atoms with Crippen LogP contribution in [0.15, 0.2) is 10.2 Å². The molecule has 0 aromatic rings. The first-order chi connectivity index (χ1) is 6.54. The summed E-state index contributed by atoms with van der Waals surface area (Å²) in [5, 5.41) is 17.6. The fraction of sp³-hybridized carbons (Fsp3) is 0.889. The van der Waals surface area contributed by atoms with Crippen molar-refractivity contribution in [1.82, 2.24) is 0 Å². The maximum atomic E-state index is 11.5. The van der Waals surface area contributed by atoms with Gasteiger partial charge in [0, 0.05) is 6.42 Å². The maximum absolute atomic E-state index is 11.5. The molecule has 1 rings (SSSR count). The summed E-state index contributed by atoms with van der Waals surface area (Å²) in [4.78, 5) is 11.5. The van der Waals surface area contributed by atoms with Gasteiger partial charge in [-0.3, -0.25) is 0 Å². The Hall–Kier alpha value is -0.970.